The van der Waals surface area contributed by atoms with Gasteiger partial charge in [-0.25, -0.2) is 9.67 Å². The molecule has 22 heavy (non-hydrogen) atoms. The molecule has 1 aliphatic rings. The molecule has 2 atom stereocenters. The van der Waals surface area contributed by atoms with Gasteiger partial charge >= 0.3 is 0 Å². The molecule has 1 aromatic carbocycles. The second-order valence-corrected chi connectivity index (χ2v) is 7.72. The van der Waals surface area contributed by atoms with E-state index in [1.165, 1.54) is 6.33 Å². The van der Waals surface area contributed by atoms with Crippen LogP contribution in [0.3, 0.4) is 0 Å². The third kappa shape index (κ3) is 3.27. The maximum Gasteiger partial charge on any atom is 0.137 e. The molecule has 4 nitrogen and oxygen atoms in total. The van der Waals surface area contributed by atoms with Crippen molar-refractivity contribution in [2.75, 3.05) is 12.4 Å². The van der Waals surface area contributed by atoms with Crippen molar-refractivity contribution in [2.24, 2.45) is 0 Å². The Morgan fingerprint density at radius 3 is 3.00 bits per heavy atom. The number of rotatable bonds is 5. The number of halogens is 2. The summed E-state index contributed by atoms with van der Waals surface area (Å²) < 4.78 is 8.04. The third-order valence-corrected chi connectivity index (χ3v) is 5.47. The molecule has 0 aliphatic carbocycles. The first kappa shape index (κ1) is 16.1. The molecular formula is C15H17Cl2N3OS. The normalized spacial score (nSPS) is 24.8. The van der Waals surface area contributed by atoms with Crippen molar-refractivity contribution in [2.45, 2.75) is 30.7 Å². The van der Waals surface area contributed by atoms with Crippen LogP contribution in [0.5, 0.6) is 0 Å². The molecule has 0 spiro atoms. The van der Waals surface area contributed by atoms with E-state index >= 15 is 0 Å². The van der Waals surface area contributed by atoms with Crippen LogP contribution in [0.2, 0.25) is 10.0 Å². The Kier molecular flexibility index (Phi) is 4.97. The van der Waals surface area contributed by atoms with Crippen molar-refractivity contribution >= 4 is 35.0 Å². The van der Waals surface area contributed by atoms with Gasteiger partial charge < -0.3 is 4.74 Å². The van der Waals surface area contributed by atoms with E-state index in [0.29, 0.717) is 28.4 Å². The molecule has 1 aromatic heterocycles. The number of thioether (sulfide) groups is 1. The van der Waals surface area contributed by atoms with Crippen molar-refractivity contribution in [1.29, 1.82) is 0 Å². The lowest BCUT2D eigenvalue weighted by atomic mass is 9.90. The monoisotopic (exact) mass is 357 g/mol. The molecule has 2 unspecified atom stereocenters. The van der Waals surface area contributed by atoms with E-state index in [4.69, 9.17) is 27.9 Å². The number of nitrogens with zero attached hydrogens (tertiary/aromatic N) is 3. The van der Waals surface area contributed by atoms with Crippen molar-refractivity contribution in [3.8, 4) is 0 Å². The van der Waals surface area contributed by atoms with Crippen LogP contribution in [0.25, 0.3) is 0 Å². The minimum atomic E-state index is -0.484. The molecule has 1 fully saturated rings. The summed E-state index contributed by atoms with van der Waals surface area (Å²) in [5, 5.41) is 5.94. The van der Waals surface area contributed by atoms with E-state index in [-0.39, 0.29) is 0 Å². The fourth-order valence-electron chi connectivity index (χ4n) is 2.90. The van der Waals surface area contributed by atoms with E-state index in [1.807, 2.05) is 23.9 Å². The second kappa shape index (κ2) is 6.79. The van der Waals surface area contributed by atoms with Crippen molar-refractivity contribution in [3.05, 3.63) is 46.5 Å². The first-order valence-electron chi connectivity index (χ1n) is 7.16. The number of ether oxygens (including phenoxy) is 1. The van der Waals surface area contributed by atoms with Gasteiger partial charge in [-0.2, -0.15) is 16.9 Å². The highest BCUT2D eigenvalue weighted by Gasteiger charge is 2.43. The van der Waals surface area contributed by atoms with Gasteiger partial charge in [-0.15, -0.1) is 0 Å². The van der Waals surface area contributed by atoms with Crippen LogP contribution >= 0.6 is 35.0 Å². The molecule has 118 valence electrons. The van der Waals surface area contributed by atoms with Crippen LogP contribution in [-0.4, -0.2) is 32.4 Å². The summed E-state index contributed by atoms with van der Waals surface area (Å²) in [6, 6.07) is 5.58. The second-order valence-electron chi connectivity index (χ2n) is 5.30. The maximum absolute atomic E-state index is 6.45. The van der Waals surface area contributed by atoms with E-state index in [2.05, 4.69) is 17.0 Å². The fourth-order valence-corrected chi connectivity index (χ4v) is 4.50. The van der Waals surface area contributed by atoms with Crippen molar-refractivity contribution in [3.63, 3.8) is 0 Å². The SMILES string of the molecule is CCSC1COC(Cn2cncn2)(c2ccc(Cl)cc2Cl)C1. The zero-order valence-corrected chi connectivity index (χ0v) is 14.5. The van der Waals surface area contributed by atoms with Crippen LogP contribution in [0.15, 0.2) is 30.9 Å². The third-order valence-electron chi connectivity index (χ3n) is 3.81. The Morgan fingerprint density at radius 2 is 2.32 bits per heavy atom. The van der Waals surface area contributed by atoms with Crippen LogP contribution in [0.4, 0.5) is 0 Å². The van der Waals surface area contributed by atoms with E-state index in [1.54, 1.807) is 17.1 Å². The van der Waals surface area contributed by atoms with Crippen molar-refractivity contribution < 1.29 is 4.74 Å². The molecular weight excluding hydrogens is 341 g/mol. The molecule has 3 rings (SSSR count). The number of benzene rings is 1. The highest BCUT2D eigenvalue weighted by atomic mass is 35.5. The van der Waals surface area contributed by atoms with Gasteiger partial charge in [-0.1, -0.05) is 36.2 Å². The molecule has 1 saturated heterocycles. The average Bonchev–Trinajstić information content (AvgIpc) is 3.10. The molecule has 2 heterocycles. The molecule has 0 radical (unpaired) electrons. The predicted octanol–water partition coefficient (Wildman–Crippen LogP) is 4.02. The lowest BCUT2D eigenvalue weighted by Gasteiger charge is -2.30. The lowest BCUT2D eigenvalue weighted by molar-refractivity contribution is -0.0169. The van der Waals surface area contributed by atoms with Crippen LogP contribution in [-0.2, 0) is 16.9 Å². The topological polar surface area (TPSA) is 39.9 Å². The Bertz CT molecular complexity index is 638. The van der Waals surface area contributed by atoms with E-state index in [0.717, 1.165) is 17.7 Å². The van der Waals surface area contributed by atoms with Gasteiger partial charge in [0.25, 0.3) is 0 Å². The fraction of sp³-hybridized carbons (Fsp3) is 0.467. The highest BCUT2D eigenvalue weighted by molar-refractivity contribution is 7.99. The minimum Gasteiger partial charge on any atom is -0.367 e. The molecule has 2 aromatic rings. The van der Waals surface area contributed by atoms with Gasteiger partial charge in [0.05, 0.1) is 13.2 Å². The Labute approximate surface area is 144 Å². The summed E-state index contributed by atoms with van der Waals surface area (Å²) in [7, 11) is 0. The van der Waals surface area contributed by atoms with Gasteiger partial charge in [0.1, 0.15) is 18.3 Å². The lowest BCUT2D eigenvalue weighted by Crippen LogP contribution is -2.32. The van der Waals surface area contributed by atoms with E-state index < -0.39 is 5.60 Å². The molecule has 0 N–H and O–H groups in total. The van der Waals surface area contributed by atoms with Gasteiger partial charge in [0.15, 0.2) is 0 Å². The summed E-state index contributed by atoms with van der Waals surface area (Å²) >= 11 is 14.4. The molecule has 0 saturated carbocycles. The quantitative estimate of drug-likeness (QED) is 0.809. The highest BCUT2D eigenvalue weighted by Crippen LogP contribution is 2.44. The first-order valence-corrected chi connectivity index (χ1v) is 8.97. The van der Waals surface area contributed by atoms with Gasteiger partial charge in [0.2, 0.25) is 0 Å². The summed E-state index contributed by atoms with van der Waals surface area (Å²) in [5.41, 5.74) is 0.482. The zero-order chi connectivity index (χ0) is 15.6. The molecule has 0 amide bonds. The Morgan fingerprint density at radius 1 is 1.45 bits per heavy atom. The number of aromatic nitrogens is 3. The average molecular weight is 358 g/mol. The summed E-state index contributed by atoms with van der Waals surface area (Å²) in [5.74, 6) is 1.07. The van der Waals surface area contributed by atoms with E-state index in [9.17, 15) is 0 Å². The maximum atomic E-state index is 6.45. The number of hydrogen-bond acceptors (Lipinski definition) is 4. The smallest absolute Gasteiger partial charge is 0.137 e. The number of hydrogen-bond donors (Lipinski definition) is 0. The summed E-state index contributed by atoms with van der Waals surface area (Å²) in [4.78, 5) is 4.02. The van der Waals surface area contributed by atoms with Crippen LogP contribution < -0.4 is 0 Å². The van der Waals surface area contributed by atoms with Crippen LogP contribution in [0.1, 0.15) is 18.9 Å². The first-order chi connectivity index (χ1) is 10.6. The zero-order valence-electron chi connectivity index (χ0n) is 12.2. The largest absolute Gasteiger partial charge is 0.367 e. The summed E-state index contributed by atoms with van der Waals surface area (Å²) in [6.45, 7) is 3.47. The van der Waals surface area contributed by atoms with Gasteiger partial charge in [0, 0.05) is 20.9 Å². The standard InChI is InChI=1S/C15H17Cl2N3OS/c1-2-22-12-6-15(21-7-12,8-20-10-18-9-19-20)13-4-3-11(16)5-14(13)17/h3-5,9-10,12H,2,6-8H2,1H3. The van der Waals surface area contributed by atoms with Crippen molar-refractivity contribution in [1.82, 2.24) is 14.8 Å². The Balaban J connectivity index is 1.96. The molecule has 0 bridgehead atoms. The van der Waals surface area contributed by atoms with Crippen LogP contribution in [0, 0.1) is 0 Å². The minimum absolute atomic E-state index is 0.459. The molecule has 1 aliphatic heterocycles. The van der Waals surface area contributed by atoms with Gasteiger partial charge in [-0.05, 0) is 24.3 Å². The summed E-state index contributed by atoms with van der Waals surface area (Å²) in [6.07, 6.45) is 4.13. The molecule has 7 heteroatoms. The Hall–Kier alpha value is -0.750. The van der Waals surface area contributed by atoms with Gasteiger partial charge in [-0.3, -0.25) is 0 Å². The predicted molar refractivity (Wildman–Crippen MR) is 90.7 cm³/mol.